The third-order valence-electron chi connectivity index (χ3n) is 2.76. The van der Waals surface area contributed by atoms with Gasteiger partial charge in [0.1, 0.15) is 6.61 Å². The highest BCUT2D eigenvalue weighted by molar-refractivity contribution is 5.69. The highest BCUT2D eigenvalue weighted by Crippen LogP contribution is 2.01. The Bertz CT molecular complexity index is 317. The normalized spacial score (nSPS) is 10.5. The van der Waals surface area contributed by atoms with Gasteiger partial charge in [-0.2, -0.15) is 0 Å². The molecule has 0 aromatic carbocycles. The maximum absolute atomic E-state index is 11.4. The number of rotatable bonds is 15. The molecule has 128 valence electrons. The van der Waals surface area contributed by atoms with Crippen LogP contribution in [0.3, 0.4) is 0 Å². The molecule has 0 saturated carbocycles. The highest BCUT2D eigenvalue weighted by atomic mass is 16.6. The van der Waals surface area contributed by atoms with Gasteiger partial charge in [-0.15, -0.1) is 0 Å². The molecule has 22 heavy (non-hydrogen) atoms. The minimum absolute atomic E-state index is 0.218. The van der Waals surface area contributed by atoms with Crippen LogP contribution in [0.2, 0.25) is 0 Å². The quantitative estimate of drug-likeness (QED) is 0.194. The lowest BCUT2D eigenvalue weighted by atomic mass is 10.2. The van der Waals surface area contributed by atoms with Gasteiger partial charge in [-0.25, -0.2) is 9.79 Å². The molecule has 0 aliphatic heterocycles. The fraction of sp³-hybridized carbons (Fsp3) is 0.867. The van der Waals surface area contributed by atoms with E-state index >= 15 is 0 Å². The first-order chi connectivity index (χ1) is 10.7. The van der Waals surface area contributed by atoms with Crippen molar-refractivity contribution in [1.29, 1.82) is 0 Å². The molecule has 0 unspecified atom stereocenters. The van der Waals surface area contributed by atoms with E-state index < -0.39 is 0 Å². The first kappa shape index (κ1) is 20.7. The monoisotopic (exact) mass is 316 g/mol. The van der Waals surface area contributed by atoms with Crippen molar-refractivity contribution >= 4 is 12.0 Å². The van der Waals surface area contributed by atoms with E-state index in [-0.39, 0.29) is 12.6 Å². The summed E-state index contributed by atoms with van der Waals surface area (Å²) >= 11 is 0. The SMILES string of the molecule is CN(C)CCOCCOCCOC(=O)CCCCCN=C=O. The molecule has 0 atom stereocenters. The summed E-state index contributed by atoms with van der Waals surface area (Å²) in [5, 5.41) is 0. The van der Waals surface area contributed by atoms with E-state index in [1.807, 2.05) is 14.1 Å². The van der Waals surface area contributed by atoms with Crippen LogP contribution in [0.25, 0.3) is 0 Å². The second-order valence-electron chi connectivity index (χ2n) is 5.03. The van der Waals surface area contributed by atoms with Gasteiger partial charge in [0, 0.05) is 13.0 Å². The van der Waals surface area contributed by atoms with Crippen LogP contribution in [-0.4, -0.2) is 77.2 Å². The molecule has 0 N–H and O–H groups in total. The summed E-state index contributed by atoms with van der Waals surface area (Å²) in [6, 6.07) is 0. The average molecular weight is 316 g/mol. The summed E-state index contributed by atoms with van der Waals surface area (Å²) in [5.41, 5.74) is 0. The molecule has 0 heterocycles. The Labute approximate surface area is 132 Å². The fourth-order valence-electron chi connectivity index (χ4n) is 1.54. The van der Waals surface area contributed by atoms with Crippen LogP contribution in [0.4, 0.5) is 0 Å². The first-order valence-electron chi connectivity index (χ1n) is 7.66. The predicted octanol–water partition coefficient (Wildman–Crippen LogP) is 1.02. The van der Waals surface area contributed by atoms with E-state index in [2.05, 4.69) is 9.89 Å². The molecule has 0 aromatic heterocycles. The molecule has 0 fully saturated rings. The second-order valence-corrected chi connectivity index (χ2v) is 5.03. The van der Waals surface area contributed by atoms with Gasteiger partial charge in [-0.3, -0.25) is 4.79 Å². The van der Waals surface area contributed by atoms with Gasteiger partial charge < -0.3 is 19.1 Å². The number of carbonyl (C=O) groups is 1. The smallest absolute Gasteiger partial charge is 0.305 e. The van der Waals surface area contributed by atoms with Crippen LogP contribution in [0.5, 0.6) is 0 Å². The van der Waals surface area contributed by atoms with Crippen LogP contribution in [0.1, 0.15) is 25.7 Å². The van der Waals surface area contributed by atoms with Gasteiger partial charge in [-0.05, 0) is 26.9 Å². The molecule has 0 aliphatic rings. The van der Waals surface area contributed by atoms with E-state index in [0.717, 1.165) is 25.8 Å². The molecule has 0 aromatic rings. The lowest BCUT2D eigenvalue weighted by molar-refractivity contribution is -0.145. The third kappa shape index (κ3) is 16.8. The van der Waals surface area contributed by atoms with Crippen molar-refractivity contribution in [3.63, 3.8) is 0 Å². The minimum Gasteiger partial charge on any atom is -0.463 e. The average Bonchev–Trinajstić information content (AvgIpc) is 2.48. The molecule has 0 radical (unpaired) electrons. The number of aliphatic imine (C=N–C) groups is 1. The molecular weight excluding hydrogens is 288 g/mol. The van der Waals surface area contributed by atoms with Gasteiger partial charge >= 0.3 is 5.97 Å². The lowest BCUT2D eigenvalue weighted by Crippen LogP contribution is -2.19. The van der Waals surface area contributed by atoms with Crippen molar-refractivity contribution in [2.24, 2.45) is 4.99 Å². The number of nitrogens with zero attached hydrogens (tertiary/aromatic N) is 2. The topological polar surface area (TPSA) is 77.4 Å². The summed E-state index contributed by atoms with van der Waals surface area (Å²) < 4.78 is 15.7. The number of carbonyl (C=O) groups excluding carboxylic acids is 2. The number of esters is 1. The molecule has 0 aliphatic carbocycles. The van der Waals surface area contributed by atoms with E-state index in [9.17, 15) is 9.59 Å². The largest absolute Gasteiger partial charge is 0.463 e. The van der Waals surface area contributed by atoms with E-state index in [1.165, 1.54) is 6.08 Å². The maximum Gasteiger partial charge on any atom is 0.305 e. The molecule has 7 nitrogen and oxygen atoms in total. The number of likely N-dealkylation sites (N-methyl/N-ethyl adjacent to an activating group) is 1. The Hall–Kier alpha value is -1.27. The Kier molecular flexibility index (Phi) is 15.2. The Morgan fingerprint density at radius 2 is 1.68 bits per heavy atom. The van der Waals surface area contributed by atoms with Crippen LogP contribution in [0.15, 0.2) is 4.99 Å². The van der Waals surface area contributed by atoms with Crippen molar-refractivity contribution in [1.82, 2.24) is 4.90 Å². The van der Waals surface area contributed by atoms with Crippen molar-refractivity contribution < 1.29 is 23.8 Å². The number of hydrogen-bond acceptors (Lipinski definition) is 7. The van der Waals surface area contributed by atoms with Crippen LogP contribution in [-0.2, 0) is 23.8 Å². The van der Waals surface area contributed by atoms with Crippen molar-refractivity contribution in [2.45, 2.75) is 25.7 Å². The van der Waals surface area contributed by atoms with E-state index in [0.29, 0.717) is 39.4 Å². The molecule has 0 bridgehead atoms. The van der Waals surface area contributed by atoms with Crippen molar-refractivity contribution in [3.05, 3.63) is 0 Å². The summed E-state index contributed by atoms with van der Waals surface area (Å²) in [4.78, 5) is 26.7. The van der Waals surface area contributed by atoms with E-state index in [1.54, 1.807) is 0 Å². The molecule has 0 amide bonds. The number of unbranched alkanes of at least 4 members (excludes halogenated alkanes) is 2. The van der Waals surface area contributed by atoms with Gasteiger partial charge in [0.25, 0.3) is 0 Å². The van der Waals surface area contributed by atoms with Crippen LogP contribution >= 0.6 is 0 Å². The summed E-state index contributed by atoms with van der Waals surface area (Å²) in [6.07, 6.45) is 4.26. The summed E-state index contributed by atoms with van der Waals surface area (Å²) in [6.45, 7) is 3.75. The first-order valence-corrected chi connectivity index (χ1v) is 7.66. The maximum atomic E-state index is 11.4. The molecule has 0 saturated heterocycles. The molecular formula is C15H28N2O5. The third-order valence-corrected chi connectivity index (χ3v) is 2.76. The molecule has 0 spiro atoms. The molecule has 0 rings (SSSR count). The van der Waals surface area contributed by atoms with Gasteiger partial charge in [0.2, 0.25) is 6.08 Å². The van der Waals surface area contributed by atoms with Crippen molar-refractivity contribution in [3.8, 4) is 0 Å². The predicted molar refractivity (Wildman–Crippen MR) is 82.6 cm³/mol. The Morgan fingerprint density at radius 3 is 2.36 bits per heavy atom. The van der Waals surface area contributed by atoms with Gasteiger partial charge in [0.15, 0.2) is 0 Å². The zero-order valence-electron chi connectivity index (χ0n) is 13.7. The summed E-state index contributed by atoms with van der Waals surface area (Å²) in [7, 11) is 3.99. The minimum atomic E-state index is -0.218. The van der Waals surface area contributed by atoms with E-state index in [4.69, 9.17) is 14.2 Å². The number of isocyanates is 1. The standard InChI is InChI=1S/C15H28N2O5/c1-17(2)8-9-20-10-11-21-12-13-22-15(19)6-4-3-5-7-16-14-18/h3-13H2,1-2H3. The highest BCUT2D eigenvalue weighted by Gasteiger charge is 2.02. The second kappa shape index (κ2) is 16.1. The van der Waals surface area contributed by atoms with Gasteiger partial charge in [-0.1, -0.05) is 6.42 Å². The van der Waals surface area contributed by atoms with Crippen molar-refractivity contribution in [2.75, 3.05) is 60.2 Å². The fourth-order valence-corrected chi connectivity index (χ4v) is 1.54. The number of ether oxygens (including phenoxy) is 3. The van der Waals surface area contributed by atoms with Gasteiger partial charge in [0.05, 0.1) is 33.0 Å². The Morgan fingerprint density at radius 1 is 1.00 bits per heavy atom. The molecule has 7 heteroatoms. The number of hydrogen-bond donors (Lipinski definition) is 0. The Balaban J connectivity index is 3.20. The van der Waals surface area contributed by atoms with Crippen LogP contribution in [0, 0.1) is 0 Å². The zero-order valence-corrected chi connectivity index (χ0v) is 13.7. The lowest BCUT2D eigenvalue weighted by Gasteiger charge is -2.10. The van der Waals surface area contributed by atoms with Crippen LogP contribution < -0.4 is 0 Å². The zero-order chi connectivity index (χ0) is 16.5. The summed E-state index contributed by atoms with van der Waals surface area (Å²) in [5.74, 6) is -0.218.